The Balaban J connectivity index is 2.56. The molecule has 25 heavy (non-hydrogen) atoms. The molecule has 0 radical (unpaired) electrons. The summed E-state index contributed by atoms with van der Waals surface area (Å²) in [5.41, 5.74) is -0.983. The van der Waals surface area contributed by atoms with Gasteiger partial charge in [-0.3, -0.25) is 4.90 Å². The molecule has 1 heterocycles. The summed E-state index contributed by atoms with van der Waals surface area (Å²) in [4.78, 5) is 26.3. The lowest BCUT2D eigenvalue weighted by molar-refractivity contribution is -0.159. The van der Waals surface area contributed by atoms with Crippen molar-refractivity contribution in [3.63, 3.8) is 0 Å². The van der Waals surface area contributed by atoms with Crippen molar-refractivity contribution in [3.05, 3.63) is 35.9 Å². The van der Waals surface area contributed by atoms with Crippen LogP contribution in [0.15, 0.2) is 30.3 Å². The number of amides is 1. The lowest BCUT2D eigenvalue weighted by Gasteiger charge is -2.38. The Kier molecular flexibility index (Phi) is 5.42. The van der Waals surface area contributed by atoms with Gasteiger partial charge in [0.15, 0.2) is 6.10 Å². The minimum absolute atomic E-state index is 0.468. The molecule has 138 valence electrons. The second-order valence-electron chi connectivity index (χ2n) is 7.24. The van der Waals surface area contributed by atoms with Gasteiger partial charge >= 0.3 is 12.1 Å². The Labute approximate surface area is 148 Å². The van der Waals surface area contributed by atoms with E-state index in [1.165, 1.54) is 4.90 Å². The molecule has 1 aromatic carbocycles. The molecule has 1 fully saturated rings. The largest absolute Gasteiger partial charge is 0.479 e. The highest BCUT2D eigenvalue weighted by atomic mass is 16.6. The molecule has 0 bridgehead atoms. The number of carbonyl (C=O) groups excluding carboxylic acids is 1. The molecule has 1 N–H and O–H groups in total. The third kappa shape index (κ3) is 3.79. The van der Waals surface area contributed by atoms with Crippen LogP contribution in [0.1, 0.15) is 59.1 Å². The molecule has 6 nitrogen and oxygen atoms in total. The highest BCUT2D eigenvalue weighted by Gasteiger charge is 2.57. The molecule has 0 aliphatic carbocycles. The second-order valence-corrected chi connectivity index (χ2v) is 7.24. The lowest BCUT2D eigenvalue weighted by atomic mass is 9.98. The predicted molar refractivity (Wildman–Crippen MR) is 93.1 cm³/mol. The molecule has 1 amide bonds. The molecule has 2 atom stereocenters. The summed E-state index contributed by atoms with van der Waals surface area (Å²) in [5, 5.41) is 9.70. The van der Waals surface area contributed by atoms with Crippen LogP contribution < -0.4 is 0 Å². The number of rotatable bonds is 4. The van der Waals surface area contributed by atoms with Crippen molar-refractivity contribution in [2.24, 2.45) is 0 Å². The van der Waals surface area contributed by atoms with Crippen LogP contribution in [0.4, 0.5) is 4.79 Å². The van der Waals surface area contributed by atoms with Crippen molar-refractivity contribution < 1.29 is 24.2 Å². The van der Waals surface area contributed by atoms with E-state index in [0.29, 0.717) is 18.4 Å². The average molecular weight is 349 g/mol. The first-order chi connectivity index (χ1) is 11.6. The van der Waals surface area contributed by atoms with E-state index in [1.807, 2.05) is 44.2 Å². The molecule has 1 saturated heterocycles. The summed E-state index contributed by atoms with van der Waals surface area (Å²) >= 11 is 0. The van der Waals surface area contributed by atoms with Gasteiger partial charge in [-0.1, -0.05) is 44.2 Å². The van der Waals surface area contributed by atoms with E-state index < -0.39 is 35.5 Å². The summed E-state index contributed by atoms with van der Waals surface area (Å²) < 4.78 is 11.5. The third-order valence-corrected chi connectivity index (χ3v) is 4.43. The van der Waals surface area contributed by atoms with E-state index in [4.69, 9.17) is 9.47 Å². The lowest BCUT2D eigenvalue weighted by Crippen LogP contribution is -2.50. The van der Waals surface area contributed by atoms with Gasteiger partial charge in [-0.25, -0.2) is 9.59 Å². The van der Waals surface area contributed by atoms with E-state index in [0.717, 1.165) is 0 Å². The van der Waals surface area contributed by atoms with Crippen LogP contribution in [0.25, 0.3) is 0 Å². The maximum absolute atomic E-state index is 13.0. The number of benzene rings is 1. The van der Waals surface area contributed by atoms with Crippen LogP contribution in [0.5, 0.6) is 0 Å². The monoisotopic (exact) mass is 349 g/mol. The Morgan fingerprint density at radius 3 is 2.20 bits per heavy atom. The number of carboxylic acid groups (broad SMARTS) is 1. The number of nitrogens with zero attached hydrogens (tertiary/aromatic N) is 1. The SMILES string of the molecule is CCC1(CC)O[C@@H](C(=O)O)[C@H](c2ccccc2)N1C(=O)OC(C)(C)C. The zero-order chi connectivity index (χ0) is 18.8. The summed E-state index contributed by atoms with van der Waals surface area (Å²) in [7, 11) is 0. The quantitative estimate of drug-likeness (QED) is 0.890. The Morgan fingerprint density at radius 1 is 1.20 bits per heavy atom. The van der Waals surface area contributed by atoms with Crippen molar-refractivity contribution in [2.75, 3.05) is 0 Å². The fraction of sp³-hybridized carbons (Fsp3) is 0.579. The maximum atomic E-state index is 13.0. The smallest absolute Gasteiger partial charge is 0.413 e. The van der Waals surface area contributed by atoms with E-state index in [-0.39, 0.29) is 0 Å². The molecule has 1 aliphatic rings. The summed E-state index contributed by atoms with van der Waals surface area (Å²) in [6.45, 7) is 9.12. The van der Waals surface area contributed by atoms with Gasteiger partial charge in [-0.05, 0) is 39.2 Å². The number of aliphatic carboxylic acids is 1. The highest BCUT2D eigenvalue weighted by Crippen LogP contribution is 2.46. The minimum Gasteiger partial charge on any atom is -0.479 e. The van der Waals surface area contributed by atoms with Crippen molar-refractivity contribution in [1.82, 2.24) is 4.90 Å². The molecule has 2 rings (SSSR count). The molecule has 1 aliphatic heterocycles. The number of carbonyl (C=O) groups is 2. The van der Waals surface area contributed by atoms with E-state index in [1.54, 1.807) is 20.8 Å². The molecule has 0 aromatic heterocycles. The number of hydrogen-bond donors (Lipinski definition) is 1. The van der Waals surface area contributed by atoms with E-state index >= 15 is 0 Å². The number of ether oxygens (including phenoxy) is 2. The van der Waals surface area contributed by atoms with E-state index in [2.05, 4.69) is 0 Å². The van der Waals surface area contributed by atoms with Crippen molar-refractivity contribution in [2.45, 2.75) is 70.9 Å². The van der Waals surface area contributed by atoms with Crippen molar-refractivity contribution >= 4 is 12.1 Å². The van der Waals surface area contributed by atoms with Crippen LogP contribution in [-0.2, 0) is 14.3 Å². The topological polar surface area (TPSA) is 76.1 Å². The van der Waals surface area contributed by atoms with Gasteiger partial charge in [0.2, 0.25) is 0 Å². The average Bonchev–Trinajstić information content (AvgIpc) is 2.90. The Morgan fingerprint density at radius 2 is 1.76 bits per heavy atom. The number of carboxylic acids is 1. The van der Waals surface area contributed by atoms with Crippen LogP contribution in [0.3, 0.4) is 0 Å². The van der Waals surface area contributed by atoms with Gasteiger partial charge in [0.1, 0.15) is 17.4 Å². The second kappa shape index (κ2) is 7.04. The standard InChI is InChI=1S/C19H27NO5/c1-6-19(7-2)20(17(23)25-18(3,4)5)14(15(24-19)16(21)22)13-11-9-8-10-12-13/h8-12,14-15H,6-7H2,1-5H3,(H,21,22)/t14-,15+/m0/s1. The number of hydrogen-bond acceptors (Lipinski definition) is 4. The van der Waals surface area contributed by atoms with Gasteiger partial charge in [0, 0.05) is 0 Å². The Bertz CT molecular complexity index is 618. The maximum Gasteiger partial charge on any atom is 0.413 e. The summed E-state index contributed by atoms with van der Waals surface area (Å²) in [5.74, 6) is -1.09. The first-order valence-electron chi connectivity index (χ1n) is 8.63. The van der Waals surface area contributed by atoms with Crippen molar-refractivity contribution in [1.29, 1.82) is 0 Å². The molecular formula is C19H27NO5. The predicted octanol–water partition coefficient (Wildman–Crippen LogP) is 3.96. The molecule has 0 spiro atoms. The summed E-state index contributed by atoms with van der Waals surface area (Å²) in [6.07, 6.45) is -0.769. The van der Waals surface area contributed by atoms with Gasteiger partial charge < -0.3 is 14.6 Å². The minimum atomic E-state index is -1.14. The van der Waals surface area contributed by atoms with Gasteiger partial charge in [-0.15, -0.1) is 0 Å². The fourth-order valence-corrected chi connectivity index (χ4v) is 3.25. The van der Waals surface area contributed by atoms with Crippen molar-refractivity contribution in [3.8, 4) is 0 Å². The van der Waals surface area contributed by atoms with Crippen LogP contribution in [0.2, 0.25) is 0 Å². The molecular weight excluding hydrogens is 322 g/mol. The van der Waals surface area contributed by atoms with E-state index in [9.17, 15) is 14.7 Å². The molecule has 0 saturated carbocycles. The van der Waals surface area contributed by atoms with Gasteiger partial charge in [0.05, 0.1) is 0 Å². The van der Waals surface area contributed by atoms with Gasteiger partial charge in [-0.2, -0.15) is 0 Å². The third-order valence-electron chi connectivity index (χ3n) is 4.43. The van der Waals surface area contributed by atoms with Gasteiger partial charge in [0.25, 0.3) is 0 Å². The summed E-state index contributed by atoms with van der Waals surface area (Å²) in [6, 6.07) is 8.36. The van der Waals surface area contributed by atoms with Crippen LogP contribution in [-0.4, -0.2) is 39.5 Å². The first-order valence-corrected chi connectivity index (χ1v) is 8.63. The van der Waals surface area contributed by atoms with Crippen LogP contribution >= 0.6 is 0 Å². The first kappa shape index (κ1) is 19.2. The zero-order valence-corrected chi connectivity index (χ0v) is 15.5. The molecule has 1 aromatic rings. The zero-order valence-electron chi connectivity index (χ0n) is 15.5. The van der Waals surface area contributed by atoms with Crippen LogP contribution in [0, 0.1) is 0 Å². The highest BCUT2D eigenvalue weighted by molar-refractivity contribution is 5.78. The normalized spacial score (nSPS) is 22.7. The molecule has 0 unspecified atom stereocenters. The Hall–Kier alpha value is -2.08. The molecule has 6 heteroatoms. The fourth-order valence-electron chi connectivity index (χ4n) is 3.25.